The van der Waals surface area contributed by atoms with Crippen LogP contribution in [-0.2, 0) is 17.3 Å². The first kappa shape index (κ1) is 24.5. The molecule has 31 heavy (non-hydrogen) atoms. The van der Waals surface area contributed by atoms with Crippen LogP contribution in [0.15, 0.2) is 30.4 Å². The van der Waals surface area contributed by atoms with Crippen molar-refractivity contribution in [1.82, 2.24) is 0 Å². The number of hydrogen-bond acceptors (Lipinski definition) is 3. The van der Waals surface area contributed by atoms with E-state index >= 15 is 0 Å². The zero-order valence-electron chi connectivity index (χ0n) is 20.5. The molecule has 4 heteroatoms. The van der Waals surface area contributed by atoms with Gasteiger partial charge in [0.05, 0.1) is 12.2 Å². The molecule has 1 unspecified atom stereocenters. The number of hydrogen-bond donors (Lipinski definition) is 2. The van der Waals surface area contributed by atoms with Crippen molar-refractivity contribution >= 4 is 8.32 Å². The lowest BCUT2D eigenvalue weighted by atomic mass is 9.74. The van der Waals surface area contributed by atoms with Gasteiger partial charge in [-0.25, -0.2) is 0 Å². The van der Waals surface area contributed by atoms with E-state index in [9.17, 15) is 10.2 Å². The predicted molar refractivity (Wildman–Crippen MR) is 132 cm³/mol. The molecule has 2 aliphatic carbocycles. The molecule has 174 valence electrons. The minimum Gasteiger partial charge on any atom is -0.508 e. The number of aliphatic hydroxyl groups excluding tert-OH is 1. The summed E-state index contributed by atoms with van der Waals surface area (Å²) in [6, 6.07) is 5.96. The molecule has 1 aromatic rings. The highest BCUT2D eigenvalue weighted by Gasteiger charge is 2.48. The van der Waals surface area contributed by atoms with Crippen molar-refractivity contribution in [2.45, 2.75) is 103 Å². The van der Waals surface area contributed by atoms with Gasteiger partial charge in [-0.2, -0.15) is 0 Å². The van der Waals surface area contributed by atoms with E-state index < -0.39 is 8.32 Å². The topological polar surface area (TPSA) is 49.7 Å². The summed E-state index contributed by atoms with van der Waals surface area (Å²) < 4.78 is 6.97. The summed E-state index contributed by atoms with van der Waals surface area (Å²) in [5.74, 6) is 1.82. The van der Waals surface area contributed by atoms with Crippen molar-refractivity contribution in [1.29, 1.82) is 0 Å². The lowest BCUT2D eigenvalue weighted by Crippen LogP contribution is -2.45. The van der Waals surface area contributed by atoms with Crippen LogP contribution < -0.4 is 0 Å². The van der Waals surface area contributed by atoms with Crippen LogP contribution in [0.4, 0.5) is 0 Å². The van der Waals surface area contributed by atoms with Gasteiger partial charge in [0.15, 0.2) is 8.32 Å². The second-order valence-corrected chi connectivity index (χ2v) is 16.2. The molecular formula is C27H44O3Si. The number of rotatable bonds is 8. The molecule has 0 amide bonds. The van der Waals surface area contributed by atoms with E-state index in [-0.39, 0.29) is 17.2 Å². The summed E-state index contributed by atoms with van der Waals surface area (Å²) in [6.07, 6.45) is 11.4. The zero-order chi connectivity index (χ0) is 22.8. The maximum Gasteiger partial charge on any atom is 0.192 e. The van der Waals surface area contributed by atoms with Gasteiger partial charge in [0, 0.05) is 5.92 Å². The van der Waals surface area contributed by atoms with Crippen molar-refractivity contribution < 1.29 is 14.6 Å². The Morgan fingerprint density at radius 3 is 2.61 bits per heavy atom. The fourth-order valence-electron chi connectivity index (χ4n) is 5.23. The number of aromatic hydroxyl groups is 1. The maximum atomic E-state index is 10.5. The molecule has 0 bridgehead atoms. The van der Waals surface area contributed by atoms with Gasteiger partial charge < -0.3 is 14.6 Å². The molecule has 0 aliphatic heterocycles. The number of fused-ring (bicyclic) bond motifs is 2. The first-order valence-electron chi connectivity index (χ1n) is 12.4. The molecule has 1 saturated carbocycles. The quantitative estimate of drug-likeness (QED) is 0.269. The van der Waals surface area contributed by atoms with E-state index in [1.54, 1.807) is 0 Å². The van der Waals surface area contributed by atoms with Gasteiger partial charge in [-0.3, -0.25) is 0 Å². The van der Waals surface area contributed by atoms with Crippen molar-refractivity contribution in [2.75, 3.05) is 0 Å². The molecule has 1 fully saturated rings. The zero-order valence-corrected chi connectivity index (χ0v) is 21.5. The van der Waals surface area contributed by atoms with Gasteiger partial charge in [0.2, 0.25) is 0 Å². The highest BCUT2D eigenvalue weighted by Crippen LogP contribution is 2.50. The lowest BCUT2D eigenvalue weighted by Gasteiger charge is -2.40. The normalized spacial score (nSPS) is 27.3. The van der Waals surface area contributed by atoms with Crippen molar-refractivity contribution in [3.63, 3.8) is 0 Å². The van der Waals surface area contributed by atoms with E-state index in [1.807, 2.05) is 18.2 Å². The average molecular weight is 445 g/mol. The SMILES string of the molecule is CCCCC[C@H](O)/C=C/[C@H]1C(O[Si](C)(C)C(C)(C)C)C[C@@H]2Cc3c(O)cccc3C[C@@H]21. The second-order valence-electron chi connectivity index (χ2n) is 11.4. The van der Waals surface area contributed by atoms with Crippen LogP contribution in [0.1, 0.15) is 70.9 Å². The first-order chi connectivity index (χ1) is 14.5. The van der Waals surface area contributed by atoms with Crippen LogP contribution in [-0.4, -0.2) is 30.7 Å². The third-order valence-corrected chi connectivity index (χ3v) is 12.6. The summed E-state index contributed by atoms with van der Waals surface area (Å²) in [7, 11) is -1.89. The minimum atomic E-state index is -1.89. The number of phenolic OH excluding ortho intramolecular Hbond substituents is 1. The van der Waals surface area contributed by atoms with Gasteiger partial charge in [-0.1, -0.05) is 71.2 Å². The number of phenols is 1. The summed E-state index contributed by atoms with van der Waals surface area (Å²) in [5.41, 5.74) is 2.43. The van der Waals surface area contributed by atoms with Gasteiger partial charge >= 0.3 is 0 Å². The first-order valence-corrected chi connectivity index (χ1v) is 15.3. The van der Waals surface area contributed by atoms with Gasteiger partial charge in [-0.15, -0.1) is 0 Å². The molecule has 3 rings (SSSR count). The Balaban J connectivity index is 1.82. The molecule has 2 aliphatic rings. The molecule has 2 N–H and O–H groups in total. The third-order valence-electron chi connectivity index (χ3n) is 8.15. The monoisotopic (exact) mass is 444 g/mol. The Labute approximate surface area is 191 Å². The second kappa shape index (κ2) is 9.80. The number of benzene rings is 1. The molecule has 0 aromatic heterocycles. The largest absolute Gasteiger partial charge is 0.508 e. The molecular weight excluding hydrogens is 400 g/mol. The van der Waals surface area contributed by atoms with Crippen LogP contribution in [0.25, 0.3) is 0 Å². The molecule has 0 spiro atoms. The summed E-state index contributed by atoms with van der Waals surface area (Å²) in [5, 5.41) is 21.1. The fraction of sp³-hybridized carbons (Fsp3) is 0.704. The minimum absolute atomic E-state index is 0.177. The Hall–Kier alpha value is -1.10. The molecule has 5 atom stereocenters. The maximum absolute atomic E-state index is 10.5. The highest BCUT2D eigenvalue weighted by atomic mass is 28.4. The molecule has 1 aromatic carbocycles. The van der Waals surface area contributed by atoms with Crippen LogP contribution in [0.3, 0.4) is 0 Å². The van der Waals surface area contributed by atoms with E-state index in [4.69, 9.17) is 4.43 Å². The van der Waals surface area contributed by atoms with Gasteiger partial charge in [-0.05, 0) is 72.8 Å². The van der Waals surface area contributed by atoms with Gasteiger partial charge in [0.1, 0.15) is 5.75 Å². The predicted octanol–water partition coefficient (Wildman–Crippen LogP) is 6.63. The Morgan fingerprint density at radius 1 is 1.19 bits per heavy atom. The van der Waals surface area contributed by atoms with Gasteiger partial charge in [0.25, 0.3) is 0 Å². The Morgan fingerprint density at radius 2 is 1.94 bits per heavy atom. The van der Waals surface area contributed by atoms with E-state index in [0.29, 0.717) is 23.5 Å². The van der Waals surface area contributed by atoms with Crippen molar-refractivity contribution in [2.24, 2.45) is 17.8 Å². The van der Waals surface area contributed by atoms with Crippen molar-refractivity contribution in [3.8, 4) is 5.75 Å². The summed E-state index contributed by atoms with van der Waals surface area (Å²) in [4.78, 5) is 0. The van der Waals surface area contributed by atoms with Crippen LogP contribution in [0.2, 0.25) is 18.1 Å². The molecule has 3 nitrogen and oxygen atoms in total. The Kier molecular flexibility index (Phi) is 7.76. The van der Waals surface area contributed by atoms with E-state index in [2.05, 4.69) is 52.9 Å². The van der Waals surface area contributed by atoms with Crippen LogP contribution in [0, 0.1) is 17.8 Å². The highest BCUT2D eigenvalue weighted by molar-refractivity contribution is 6.74. The molecule has 0 saturated heterocycles. The van der Waals surface area contributed by atoms with E-state index in [1.165, 1.54) is 18.4 Å². The average Bonchev–Trinajstić information content (AvgIpc) is 3.00. The third kappa shape index (κ3) is 5.64. The van der Waals surface area contributed by atoms with E-state index in [0.717, 1.165) is 37.7 Å². The van der Waals surface area contributed by atoms with Crippen molar-refractivity contribution in [3.05, 3.63) is 41.5 Å². The summed E-state index contributed by atoms with van der Waals surface area (Å²) in [6.45, 7) is 13.8. The smallest absolute Gasteiger partial charge is 0.192 e. The summed E-state index contributed by atoms with van der Waals surface area (Å²) >= 11 is 0. The Bertz CT molecular complexity index is 764. The van der Waals surface area contributed by atoms with Crippen LogP contribution in [0.5, 0.6) is 5.75 Å². The van der Waals surface area contributed by atoms with Crippen LogP contribution >= 0.6 is 0 Å². The lowest BCUT2D eigenvalue weighted by molar-refractivity contribution is 0.147. The number of unbranched alkanes of at least 4 members (excludes halogenated alkanes) is 2. The number of aliphatic hydroxyl groups is 1. The molecule has 0 heterocycles. The fourth-order valence-corrected chi connectivity index (χ4v) is 6.59. The molecule has 0 radical (unpaired) electrons. The standard InChI is InChI=1S/C27H44O3Si/c1-7-8-9-12-21(28)14-15-22-23-16-19-11-10-13-25(29)24(19)17-20(23)18-26(22)30-31(5,6)27(2,3)4/h10-11,13-15,20-23,26,28-29H,7-9,12,16-18H2,1-6H3/b15-14+/t20-,21-,22+,23-,26?/m0/s1.